The molecular weight excluding hydrogens is 175 g/mol. The van der Waals surface area contributed by atoms with E-state index in [1.165, 1.54) is 31.0 Å². The van der Waals surface area contributed by atoms with Crippen LogP contribution in [0, 0.1) is 0 Å². The molecule has 0 nitrogen and oxygen atoms in total. The molecule has 0 aliphatic carbocycles. The van der Waals surface area contributed by atoms with Gasteiger partial charge in [0.1, 0.15) is 0 Å². The number of unbranched alkanes of at least 4 members (excludes halogenated alkanes) is 1. The van der Waals surface area contributed by atoms with E-state index in [0.717, 1.165) is 15.0 Å². The van der Waals surface area contributed by atoms with Crippen LogP contribution in [0.4, 0.5) is 0 Å². The van der Waals surface area contributed by atoms with E-state index < -0.39 is 0 Å². The van der Waals surface area contributed by atoms with Crippen molar-refractivity contribution in [1.29, 1.82) is 0 Å². The Hall–Kier alpha value is 0.259. The second kappa shape index (κ2) is 4.14. The van der Waals surface area contributed by atoms with E-state index in [4.69, 9.17) is 0 Å². The van der Waals surface area contributed by atoms with Crippen LogP contribution in [0.15, 0.2) is 10.5 Å². The first kappa shape index (κ1) is 7.37. The Morgan fingerprint density at radius 3 is 3.11 bits per heavy atom. The second-order valence-electron chi connectivity index (χ2n) is 2.50. The second-order valence-corrected chi connectivity index (χ2v) is 4.55. The molecule has 52 valence electrons. The molecular formula is C8H14Se. The van der Waals surface area contributed by atoms with Gasteiger partial charge in [0.25, 0.3) is 0 Å². The van der Waals surface area contributed by atoms with Crippen molar-refractivity contribution in [1.82, 2.24) is 0 Å². The first-order valence-corrected chi connectivity index (χ1v) is 5.93. The van der Waals surface area contributed by atoms with Crippen LogP contribution in [-0.4, -0.2) is 15.0 Å². The molecule has 0 saturated heterocycles. The van der Waals surface area contributed by atoms with Crippen molar-refractivity contribution in [2.75, 3.05) is 0 Å². The van der Waals surface area contributed by atoms with Crippen LogP contribution < -0.4 is 0 Å². The Bertz CT molecular complexity index is 105. The topological polar surface area (TPSA) is 0 Å². The first-order chi connectivity index (χ1) is 4.43. The van der Waals surface area contributed by atoms with Crippen molar-refractivity contribution in [2.24, 2.45) is 0 Å². The molecule has 1 heteroatoms. The fraction of sp³-hybridized carbons (Fsp3) is 0.750. The number of rotatable bonds is 3. The molecule has 0 spiro atoms. The Morgan fingerprint density at radius 2 is 2.56 bits per heavy atom. The van der Waals surface area contributed by atoms with Crippen molar-refractivity contribution < 1.29 is 0 Å². The zero-order chi connectivity index (χ0) is 6.53. The molecule has 0 N–H and O–H groups in total. The number of hydrogen-bond acceptors (Lipinski definition) is 0. The van der Waals surface area contributed by atoms with Crippen molar-refractivity contribution in [3.63, 3.8) is 0 Å². The summed E-state index contributed by atoms with van der Waals surface area (Å²) in [5.41, 5.74) is 1.75. The van der Waals surface area contributed by atoms with E-state index in [1.54, 1.807) is 5.57 Å². The average molecular weight is 189 g/mol. The van der Waals surface area contributed by atoms with Crippen LogP contribution in [0.5, 0.6) is 0 Å². The zero-order valence-electron chi connectivity index (χ0n) is 6.02. The fourth-order valence-corrected chi connectivity index (χ4v) is 3.05. The third-order valence-corrected chi connectivity index (χ3v) is 3.61. The molecule has 1 aliphatic heterocycles. The Balaban J connectivity index is 2.11. The molecule has 0 radical (unpaired) electrons. The van der Waals surface area contributed by atoms with Gasteiger partial charge in [-0.25, -0.2) is 0 Å². The molecule has 1 heterocycles. The molecule has 9 heavy (non-hydrogen) atoms. The van der Waals surface area contributed by atoms with Gasteiger partial charge in [-0.05, 0) is 0 Å². The third-order valence-electron chi connectivity index (χ3n) is 1.64. The van der Waals surface area contributed by atoms with E-state index in [-0.39, 0.29) is 0 Å². The van der Waals surface area contributed by atoms with Gasteiger partial charge in [0, 0.05) is 0 Å². The standard InChI is InChI=1S/C8H14Se/c1-2-3-4-8-5-6-9-7-8/h7H,2-6H2,1H3. The summed E-state index contributed by atoms with van der Waals surface area (Å²) in [6.07, 6.45) is 5.56. The monoisotopic (exact) mass is 190 g/mol. The molecule has 1 rings (SSSR count). The number of hydrogen-bond donors (Lipinski definition) is 0. The quantitative estimate of drug-likeness (QED) is 0.598. The molecule has 0 amide bonds. The Morgan fingerprint density at radius 1 is 1.67 bits per heavy atom. The summed E-state index contributed by atoms with van der Waals surface area (Å²) < 4.78 is 0. The van der Waals surface area contributed by atoms with E-state index in [0.29, 0.717) is 0 Å². The fourth-order valence-electron chi connectivity index (χ4n) is 1.01. The van der Waals surface area contributed by atoms with Gasteiger partial charge in [-0.3, -0.25) is 0 Å². The van der Waals surface area contributed by atoms with Crippen LogP contribution in [0.2, 0.25) is 5.32 Å². The van der Waals surface area contributed by atoms with Gasteiger partial charge < -0.3 is 0 Å². The van der Waals surface area contributed by atoms with Gasteiger partial charge in [0.2, 0.25) is 0 Å². The average Bonchev–Trinajstić information content (AvgIpc) is 2.34. The van der Waals surface area contributed by atoms with Gasteiger partial charge in [-0.2, -0.15) is 0 Å². The molecule has 0 bridgehead atoms. The molecule has 0 aromatic heterocycles. The van der Waals surface area contributed by atoms with Gasteiger partial charge in [0.15, 0.2) is 0 Å². The summed E-state index contributed by atoms with van der Waals surface area (Å²) in [5, 5.41) is 1.48. The molecule has 1 aliphatic rings. The molecule has 0 aromatic carbocycles. The molecule has 0 saturated carbocycles. The summed E-state index contributed by atoms with van der Waals surface area (Å²) in [5.74, 6) is 0. The van der Waals surface area contributed by atoms with Crippen LogP contribution in [0.3, 0.4) is 0 Å². The van der Waals surface area contributed by atoms with Crippen molar-refractivity contribution >= 4 is 15.0 Å². The van der Waals surface area contributed by atoms with Gasteiger partial charge >= 0.3 is 63.4 Å². The van der Waals surface area contributed by atoms with Crippen molar-refractivity contribution in [2.45, 2.75) is 37.9 Å². The van der Waals surface area contributed by atoms with Gasteiger partial charge in [-0.15, -0.1) is 0 Å². The maximum absolute atomic E-state index is 2.49. The normalized spacial score (nSPS) is 18.1. The van der Waals surface area contributed by atoms with E-state index in [2.05, 4.69) is 11.9 Å². The number of allylic oxidation sites excluding steroid dienone is 1. The zero-order valence-corrected chi connectivity index (χ0v) is 7.73. The molecule has 0 fully saturated rings. The predicted molar refractivity (Wildman–Crippen MR) is 42.8 cm³/mol. The summed E-state index contributed by atoms with van der Waals surface area (Å²) in [6, 6.07) is 0. The van der Waals surface area contributed by atoms with E-state index in [1.807, 2.05) is 0 Å². The summed E-state index contributed by atoms with van der Waals surface area (Å²) >= 11 is 0.878. The molecule has 0 unspecified atom stereocenters. The van der Waals surface area contributed by atoms with Crippen LogP contribution in [0.25, 0.3) is 0 Å². The maximum atomic E-state index is 2.49. The Kier molecular flexibility index (Phi) is 3.39. The summed E-state index contributed by atoms with van der Waals surface area (Å²) in [6.45, 7) is 2.26. The van der Waals surface area contributed by atoms with Crippen molar-refractivity contribution in [3.05, 3.63) is 10.5 Å². The van der Waals surface area contributed by atoms with Gasteiger partial charge in [0.05, 0.1) is 0 Å². The van der Waals surface area contributed by atoms with E-state index in [9.17, 15) is 0 Å². The molecule has 0 atom stereocenters. The van der Waals surface area contributed by atoms with Crippen LogP contribution in [0.1, 0.15) is 32.6 Å². The van der Waals surface area contributed by atoms with Crippen LogP contribution in [-0.2, 0) is 0 Å². The van der Waals surface area contributed by atoms with Crippen LogP contribution >= 0.6 is 0 Å². The third kappa shape index (κ3) is 2.55. The SMILES string of the molecule is CCCCC1=C[Se]CC1. The summed E-state index contributed by atoms with van der Waals surface area (Å²) in [4.78, 5) is 2.49. The van der Waals surface area contributed by atoms with Crippen molar-refractivity contribution in [3.8, 4) is 0 Å². The predicted octanol–water partition coefficient (Wildman–Crippen LogP) is 2.59. The Labute approximate surface area is 63.9 Å². The molecule has 0 aromatic rings. The van der Waals surface area contributed by atoms with Gasteiger partial charge in [-0.1, -0.05) is 0 Å². The van der Waals surface area contributed by atoms with E-state index >= 15 is 0 Å². The first-order valence-electron chi connectivity index (χ1n) is 3.73. The minimum absolute atomic E-state index is 0.878. The summed E-state index contributed by atoms with van der Waals surface area (Å²) in [7, 11) is 0. The minimum atomic E-state index is 0.878.